The highest BCUT2D eigenvalue weighted by Gasteiger charge is 2.37. The van der Waals surface area contributed by atoms with Gasteiger partial charge >= 0.3 is 0 Å². The lowest BCUT2D eigenvalue weighted by atomic mass is 9.93. The Morgan fingerprint density at radius 1 is 1.50 bits per heavy atom. The summed E-state index contributed by atoms with van der Waals surface area (Å²) in [4.78, 5) is 2.19. The van der Waals surface area contributed by atoms with Gasteiger partial charge in [0.2, 0.25) is 10.0 Å². The van der Waals surface area contributed by atoms with Crippen molar-refractivity contribution >= 4 is 21.4 Å². The summed E-state index contributed by atoms with van der Waals surface area (Å²) in [5.41, 5.74) is 5.65. The van der Waals surface area contributed by atoms with Gasteiger partial charge in [-0.25, -0.2) is 8.42 Å². The summed E-state index contributed by atoms with van der Waals surface area (Å²) < 4.78 is 26.7. The van der Waals surface area contributed by atoms with Crippen LogP contribution in [0.15, 0.2) is 11.0 Å². The molecule has 1 fully saturated rings. The van der Waals surface area contributed by atoms with E-state index in [0.717, 1.165) is 16.2 Å². The van der Waals surface area contributed by atoms with Gasteiger partial charge in [-0.3, -0.25) is 0 Å². The number of nitrogens with zero attached hydrogens (tertiary/aromatic N) is 1. The number of sulfonamides is 1. The van der Waals surface area contributed by atoms with Gasteiger partial charge in [0.05, 0.1) is 4.90 Å². The van der Waals surface area contributed by atoms with Gasteiger partial charge in [0.15, 0.2) is 0 Å². The van der Waals surface area contributed by atoms with Crippen molar-refractivity contribution in [2.24, 2.45) is 11.1 Å². The summed E-state index contributed by atoms with van der Waals surface area (Å²) in [5.74, 6) is 0. The van der Waals surface area contributed by atoms with Crippen LogP contribution in [0.5, 0.6) is 0 Å². The van der Waals surface area contributed by atoms with Gasteiger partial charge in [-0.15, -0.1) is 11.3 Å². The normalized spacial score (nSPS) is 20.4. The smallest absolute Gasteiger partial charge is 0.244 e. The summed E-state index contributed by atoms with van der Waals surface area (Å²) in [6.07, 6.45) is 0.916. The Bertz CT molecular complexity index is 546. The third-order valence-corrected chi connectivity index (χ3v) is 6.56. The van der Waals surface area contributed by atoms with Crippen LogP contribution in [-0.2, 0) is 16.6 Å². The molecule has 6 heteroatoms. The molecule has 18 heavy (non-hydrogen) atoms. The standard InChI is InChI=1S/C12H20N2O2S2/c1-9-11(6-10(7-13)17-9)18(15,16)14-5-4-12(2,3)8-14/h6H,4-5,7-8,13H2,1-3H3. The van der Waals surface area contributed by atoms with E-state index in [2.05, 4.69) is 13.8 Å². The molecule has 0 spiro atoms. The minimum Gasteiger partial charge on any atom is -0.326 e. The minimum absolute atomic E-state index is 0.0771. The molecule has 4 nitrogen and oxygen atoms in total. The highest BCUT2D eigenvalue weighted by atomic mass is 32.2. The Morgan fingerprint density at radius 3 is 2.61 bits per heavy atom. The van der Waals surface area contributed by atoms with Crippen molar-refractivity contribution in [3.05, 3.63) is 15.8 Å². The molecule has 0 bridgehead atoms. The van der Waals surface area contributed by atoms with Gasteiger partial charge in [0, 0.05) is 29.4 Å². The molecular weight excluding hydrogens is 268 g/mol. The molecule has 2 heterocycles. The van der Waals surface area contributed by atoms with E-state index in [1.807, 2.05) is 6.92 Å². The highest BCUT2D eigenvalue weighted by Crippen LogP contribution is 2.35. The van der Waals surface area contributed by atoms with Crippen molar-refractivity contribution in [3.8, 4) is 0 Å². The monoisotopic (exact) mass is 288 g/mol. The predicted octanol–water partition coefficient (Wildman–Crippen LogP) is 1.94. The fraction of sp³-hybridized carbons (Fsp3) is 0.667. The molecular formula is C12H20N2O2S2. The third kappa shape index (κ3) is 2.47. The van der Waals surface area contributed by atoms with Crippen LogP contribution < -0.4 is 5.73 Å². The quantitative estimate of drug-likeness (QED) is 0.924. The van der Waals surface area contributed by atoms with Crippen molar-refractivity contribution in [2.45, 2.75) is 38.6 Å². The zero-order chi connectivity index (χ0) is 13.6. The molecule has 0 atom stereocenters. The van der Waals surface area contributed by atoms with Crippen molar-refractivity contribution in [3.63, 3.8) is 0 Å². The summed E-state index contributed by atoms with van der Waals surface area (Å²) in [7, 11) is -3.34. The van der Waals surface area contributed by atoms with Crippen LogP contribution in [0.3, 0.4) is 0 Å². The molecule has 2 N–H and O–H groups in total. The van der Waals surface area contributed by atoms with Crippen molar-refractivity contribution in [2.75, 3.05) is 13.1 Å². The minimum atomic E-state index is -3.34. The molecule has 0 amide bonds. The Hall–Kier alpha value is -0.430. The van der Waals surface area contributed by atoms with Gasteiger partial charge in [-0.2, -0.15) is 4.31 Å². The van der Waals surface area contributed by atoms with E-state index in [0.29, 0.717) is 24.5 Å². The molecule has 1 saturated heterocycles. The first kappa shape index (κ1) is 14.0. The number of aryl methyl sites for hydroxylation is 1. The summed E-state index contributed by atoms with van der Waals surface area (Å²) >= 11 is 1.47. The first-order chi connectivity index (χ1) is 8.26. The lowest BCUT2D eigenvalue weighted by molar-refractivity contribution is 0.375. The van der Waals surface area contributed by atoms with E-state index in [1.54, 1.807) is 10.4 Å². The van der Waals surface area contributed by atoms with E-state index in [9.17, 15) is 8.42 Å². The average Bonchev–Trinajstić information content (AvgIpc) is 2.82. The molecule has 0 aliphatic carbocycles. The summed E-state index contributed by atoms with van der Waals surface area (Å²) in [6.45, 7) is 7.66. The van der Waals surface area contributed by atoms with E-state index < -0.39 is 10.0 Å². The van der Waals surface area contributed by atoms with Gasteiger partial charge in [0.1, 0.15) is 0 Å². The SMILES string of the molecule is Cc1sc(CN)cc1S(=O)(=O)N1CCC(C)(C)C1. The number of thiophene rings is 1. The number of rotatable bonds is 3. The van der Waals surface area contributed by atoms with E-state index in [-0.39, 0.29) is 5.41 Å². The van der Waals surface area contributed by atoms with Crippen LogP contribution in [0.4, 0.5) is 0 Å². The molecule has 0 saturated carbocycles. The number of hydrogen-bond acceptors (Lipinski definition) is 4. The van der Waals surface area contributed by atoms with Crippen molar-refractivity contribution in [1.29, 1.82) is 0 Å². The fourth-order valence-electron chi connectivity index (χ4n) is 2.29. The summed E-state index contributed by atoms with van der Waals surface area (Å²) in [6, 6.07) is 1.72. The van der Waals surface area contributed by atoms with Gasteiger partial charge in [-0.05, 0) is 24.8 Å². The summed E-state index contributed by atoms with van der Waals surface area (Å²) in [5, 5.41) is 0. The Labute approximate surface area is 113 Å². The van der Waals surface area contributed by atoms with Gasteiger partial charge in [0.25, 0.3) is 0 Å². The zero-order valence-electron chi connectivity index (χ0n) is 11.1. The van der Waals surface area contributed by atoms with Gasteiger partial charge in [-0.1, -0.05) is 13.8 Å². The van der Waals surface area contributed by atoms with Crippen LogP contribution in [0.1, 0.15) is 30.0 Å². The number of nitrogens with two attached hydrogens (primary N) is 1. The lowest BCUT2D eigenvalue weighted by Gasteiger charge is -2.19. The largest absolute Gasteiger partial charge is 0.326 e. The second-order valence-electron chi connectivity index (χ2n) is 5.59. The van der Waals surface area contributed by atoms with Crippen LogP contribution in [0.2, 0.25) is 0 Å². The first-order valence-corrected chi connectivity index (χ1v) is 8.31. The van der Waals surface area contributed by atoms with Crippen LogP contribution >= 0.6 is 11.3 Å². The topological polar surface area (TPSA) is 63.4 Å². The number of hydrogen-bond donors (Lipinski definition) is 1. The van der Waals surface area contributed by atoms with Crippen molar-refractivity contribution in [1.82, 2.24) is 4.31 Å². The maximum atomic E-state index is 12.6. The van der Waals surface area contributed by atoms with E-state index in [1.165, 1.54) is 11.3 Å². The molecule has 0 aromatic carbocycles. The van der Waals surface area contributed by atoms with Crippen LogP contribution in [0.25, 0.3) is 0 Å². The lowest BCUT2D eigenvalue weighted by Crippen LogP contribution is -2.30. The average molecular weight is 288 g/mol. The molecule has 0 radical (unpaired) electrons. The first-order valence-electron chi connectivity index (χ1n) is 6.06. The zero-order valence-corrected chi connectivity index (χ0v) is 12.7. The van der Waals surface area contributed by atoms with Crippen LogP contribution in [-0.4, -0.2) is 25.8 Å². The second kappa shape index (κ2) is 4.59. The second-order valence-corrected chi connectivity index (χ2v) is 8.84. The van der Waals surface area contributed by atoms with Crippen molar-refractivity contribution < 1.29 is 8.42 Å². The molecule has 2 rings (SSSR count). The van der Waals surface area contributed by atoms with E-state index >= 15 is 0 Å². The molecule has 102 valence electrons. The third-order valence-electron chi connectivity index (χ3n) is 3.38. The Balaban J connectivity index is 2.34. The van der Waals surface area contributed by atoms with Crippen LogP contribution in [0, 0.1) is 12.3 Å². The molecule has 1 aromatic rings. The fourth-order valence-corrected chi connectivity index (χ4v) is 5.40. The molecule has 1 aromatic heterocycles. The maximum absolute atomic E-state index is 12.6. The van der Waals surface area contributed by atoms with E-state index in [4.69, 9.17) is 5.73 Å². The van der Waals surface area contributed by atoms with Gasteiger partial charge < -0.3 is 5.73 Å². The molecule has 1 aliphatic rings. The highest BCUT2D eigenvalue weighted by molar-refractivity contribution is 7.89. The molecule has 1 aliphatic heterocycles. The Morgan fingerprint density at radius 2 is 2.17 bits per heavy atom. The maximum Gasteiger partial charge on any atom is 0.244 e. The Kier molecular flexibility index (Phi) is 3.57. The molecule has 0 unspecified atom stereocenters. The predicted molar refractivity (Wildman–Crippen MR) is 74.1 cm³/mol.